The lowest BCUT2D eigenvalue weighted by molar-refractivity contribution is -0.115. The van der Waals surface area contributed by atoms with Crippen LogP contribution in [0, 0.1) is 18.3 Å². The highest BCUT2D eigenvalue weighted by Gasteiger charge is 2.25. The molecule has 136 valence electrons. The molecule has 0 saturated heterocycles. The summed E-state index contributed by atoms with van der Waals surface area (Å²) in [5, 5.41) is 13.1. The van der Waals surface area contributed by atoms with E-state index in [2.05, 4.69) is 21.4 Å². The molecule has 0 aliphatic heterocycles. The van der Waals surface area contributed by atoms with Gasteiger partial charge in [-0.3, -0.25) is 9.59 Å². The fourth-order valence-corrected chi connectivity index (χ4v) is 5.23. The predicted octanol–water partition coefficient (Wildman–Crippen LogP) is 3.40. The van der Waals surface area contributed by atoms with Gasteiger partial charge >= 0.3 is 0 Å². The van der Waals surface area contributed by atoms with Gasteiger partial charge in [0.15, 0.2) is 5.16 Å². The number of amides is 1. The zero-order valence-corrected chi connectivity index (χ0v) is 16.4. The minimum atomic E-state index is -0.398. The second-order valence-electron chi connectivity index (χ2n) is 6.22. The van der Waals surface area contributed by atoms with Crippen molar-refractivity contribution in [2.75, 3.05) is 5.32 Å². The number of thiophene rings is 1. The van der Waals surface area contributed by atoms with Gasteiger partial charge in [-0.15, -0.1) is 11.3 Å². The number of aryl methyl sites for hydroxylation is 2. The maximum Gasteiger partial charge on any atom is 0.251 e. The van der Waals surface area contributed by atoms with Crippen molar-refractivity contribution < 1.29 is 4.79 Å². The fraction of sp³-hybridized carbons (Fsp3) is 0.444. The van der Waals surface area contributed by atoms with Crippen LogP contribution in [0.2, 0.25) is 0 Å². The molecule has 2 N–H and O–H groups in total. The number of hydrogen-bond acceptors (Lipinski definition) is 6. The summed E-state index contributed by atoms with van der Waals surface area (Å²) in [5.74, 6) is -0.170. The van der Waals surface area contributed by atoms with E-state index in [-0.39, 0.29) is 11.5 Å². The second-order valence-corrected chi connectivity index (χ2v) is 8.52. The molecule has 0 fully saturated rings. The number of hydrogen-bond donors (Lipinski definition) is 2. The molecule has 2 heterocycles. The van der Waals surface area contributed by atoms with E-state index in [4.69, 9.17) is 0 Å². The molecular formula is C18H20N4O2S2. The minimum absolute atomic E-state index is 0.170. The standard InChI is InChI=1S/C18H20N4O2S2/c1-3-13(26-18-20-10(2)8-15(23)21-18)16(24)22-17-12(9-19)11-6-4-5-7-14(11)25-17/h8,13H,3-7H2,1-2H3,(H,22,24)(H,20,21,23)/t13-/m1/s1. The maximum atomic E-state index is 12.7. The van der Waals surface area contributed by atoms with Crippen LogP contribution in [-0.2, 0) is 17.6 Å². The van der Waals surface area contributed by atoms with Crippen LogP contribution in [-0.4, -0.2) is 21.1 Å². The molecule has 2 aromatic heterocycles. The number of aromatic nitrogens is 2. The first-order chi connectivity index (χ1) is 12.5. The highest BCUT2D eigenvalue weighted by Crippen LogP contribution is 2.38. The Hall–Kier alpha value is -2.11. The Morgan fingerprint density at radius 2 is 2.27 bits per heavy atom. The van der Waals surface area contributed by atoms with Crippen LogP contribution in [0.4, 0.5) is 5.00 Å². The Bertz CT molecular complexity index is 926. The third kappa shape index (κ3) is 4.00. The molecule has 26 heavy (non-hydrogen) atoms. The van der Waals surface area contributed by atoms with Crippen molar-refractivity contribution in [2.24, 2.45) is 0 Å². The topological polar surface area (TPSA) is 98.6 Å². The summed E-state index contributed by atoms with van der Waals surface area (Å²) in [4.78, 5) is 32.5. The van der Waals surface area contributed by atoms with E-state index in [1.165, 1.54) is 34.0 Å². The Morgan fingerprint density at radius 3 is 2.96 bits per heavy atom. The van der Waals surface area contributed by atoms with Gasteiger partial charge < -0.3 is 10.3 Å². The molecule has 1 atom stereocenters. The van der Waals surface area contributed by atoms with Crippen LogP contribution in [0.1, 0.15) is 47.9 Å². The molecule has 0 saturated carbocycles. The first kappa shape index (κ1) is 18.7. The highest BCUT2D eigenvalue weighted by atomic mass is 32.2. The summed E-state index contributed by atoms with van der Waals surface area (Å²) in [6, 6.07) is 3.68. The largest absolute Gasteiger partial charge is 0.316 e. The molecular weight excluding hydrogens is 368 g/mol. The number of aromatic amines is 1. The molecule has 1 aliphatic rings. The van der Waals surface area contributed by atoms with Crippen molar-refractivity contribution in [2.45, 2.75) is 56.4 Å². The first-order valence-corrected chi connectivity index (χ1v) is 10.3. The van der Waals surface area contributed by atoms with Crippen molar-refractivity contribution in [3.05, 3.63) is 38.1 Å². The van der Waals surface area contributed by atoms with Crippen molar-refractivity contribution in [1.82, 2.24) is 9.97 Å². The van der Waals surface area contributed by atoms with Gasteiger partial charge in [0.05, 0.1) is 10.8 Å². The number of nitrogens with zero attached hydrogens (tertiary/aromatic N) is 2. The summed E-state index contributed by atoms with van der Waals surface area (Å²) in [7, 11) is 0. The van der Waals surface area contributed by atoms with E-state index in [0.717, 1.165) is 31.2 Å². The summed E-state index contributed by atoms with van der Waals surface area (Å²) in [5.41, 5.74) is 2.10. The Morgan fingerprint density at radius 1 is 1.50 bits per heavy atom. The van der Waals surface area contributed by atoms with Crippen molar-refractivity contribution >= 4 is 34.0 Å². The quantitative estimate of drug-likeness (QED) is 0.604. The van der Waals surface area contributed by atoms with E-state index in [1.807, 2.05) is 6.92 Å². The van der Waals surface area contributed by atoms with Crippen molar-refractivity contribution in [3.8, 4) is 6.07 Å². The zero-order valence-electron chi connectivity index (χ0n) is 14.7. The minimum Gasteiger partial charge on any atom is -0.316 e. The molecule has 0 radical (unpaired) electrons. The smallest absolute Gasteiger partial charge is 0.251 e. The van der Waals surface area contributed by atoms with Crippen molar-refractivity contribution in [3.63, 3.8) is 0 Å². The number of anilines is 1. The molecule has 1 amide bonds. The summed E-state index contributed by atoms with van der Waals surface area (Å²) in [6.45, 7) is 3.66. The van der Waals surface area contributed by atoms with Gasteiger partial charge in [0, 0.05) is 16.6 Å². The van der Waals surface area contributed by atoms with E-state index in [1.54, 1.807) is 6.92 Å². The van der Waals surface area contributed by atoms with Gasteiger partial charge in [0.1, 0.15) is 11.1 Å². The predicted molar refractivity (Wildman–Crippen MR) is 104 cm³/mol. The molecule has 3 rings (SSSR count). The average Bonchev–Trinajstić information content (AvgIpc) is 2.95. The summed E-state index contributed by atoms with van der Waals surface area (Å²) >= 11 is 2.75. The fourth-order valence-electron chi connectivity index (χ4n) is 3.03. The van der Waals surface area contributed by atoms with Gasteiger partial charge in [-0.2, -0.15) is 5.26 Å². The second kappa shape index (κ2) is 8.06. The van der Waals surface area contributed by atoms with Crippen LogP contribution >= 0.6 is 23.1 Å². The number of carbonyl (C=O) groups excluding carboxylic acids is 1. The third-order valence-electron chi connectivity index (χ3n) is 4.28. The molecule has 0 spiro atoms. The van der Waals surface area contributed by atoms with Crippen LogP contribution in [0.15, 0.2) is 16.0 Å². The van der Waals surface area contributed by atoms with E-state index >= 15 is 0 Å². The zero-order chi connectivity index (χ0) is 18.7. The van der Waals surface area contributed by atoms with Gasteiger partial charge in [-0.1, -0.05) is 18.7 Å². The number of nitriles is 1. The maximum absolute atomic E-state index is 12.7. The van der Waals surface area contributed by atoms with Crippen LogP contribution in [0.3, 0.4) is 0 Å². The number of thioether (sulfide) groups is 1. The first-order valence-electron chi connectivity index (χ1n) is 8.62. The van der Waals surface area contributed by atoms with Gasteiger partial charge in [0.25, 0.3) is 5.56 Å². The lowest BCUT2D eigenvalue weighted by atomic mass is 9.96. The number of carbonyl (C=O) groups is 1. The average molecular weight is 389 g/mol. The molecule has 6 nitrogen and oxygen atoms in total. The third-order valence-corrected chi connectivity index (χ3v) is 6.74. The Kier molecular flexibility index (Phi) is 5.79. The monoisotopic (exact) mass is 388 g/mol. The summed E-state index contributed by atoms with van der Waals surface area (Å²) in [6.07, 6.45) is 4.69. The van der Waals surface area contributed by atoms with Crippen LogP contribution < -0.4 is 10.9 Å². The lowest BCUT2D eigenvalue weighted by Gasteiger charge is -2.13. The van der Waals surface area contributed by atoms with Gasteiger partial charge in [-0.25, -0.2) is 4.98 Å². The SMILES string of the molecule is CC[C@@H](Sc1nc(C)cc(=O)[nH]1)C(=O)Nc1sc2c(c1C#N)CCCC2. The van der Waals surface area contributed by atoms with Crippen LogP contribution in [0.5, 0.6) is 0 Å². The molecule has 0 bridgehead atoms. The van der Waals surface area contributed by atoms with Gasteiger partial charge in [0.2, 0.25) is 5.91 Å². The van der Waals surface area contributed by atoms with E-state index in [9.17, 15) is 14.9 Å². The van der Waals surface area contributed by atoms with E-state index in [0.29, 0.717) is 27.8 Å². The normalized spacial score (nSPS) is 14.3. The summed E-state index contributed by atoms with van der Waals surface area (Å²) < 4.78 is 0. The molecule has 8 heteroatoms. The number of fused-ring (bicyclic) bond motifs is 1. The van der Waals surface area contributed by atoms with E-state index < -0.39 is 5.25 Å². The number of H-pyrrole nitrogens is 1. The molecule has 2 aromatic rings. The lowest BCUT2D eigenvalue weighted by Crippen LogP contribution is -2.25. The molecule has 1 aliphatic carbocycles. The van der Waals surface area contributed by atoms with Gasteiger partial charge in [-0.05, 0) is 44.6 Å². The van der Waals surface area contributed by atoms with Crippen LogP contribution in [0.25, 0.3) is 0 Å². The van der Waals surface area contributed by atoms with Crippen molar-refractivity contribution in [1.29, 1.82) is 5.26 Å². The number of nitrogens with one attached hydrogen (secondary N) is 2. The Labute approximate surface area is 160 Å². The number of rotatable bonds is 5. The molecule has 0 unspecified atom stereocenters. The Balaban J connectivity index is 1.79. The molecule has 0 aromatic carbocycles. The highest BCUT2D eigenvalue weighted by molar-refractivity contribution is 8.00.